The maximum Gasteiger partial charge on any atom is 0.257 e. The van der Waals surface area contributed by atoms with Crippen molar-refractivity contribution in [3.8, 4) is 0 Å². The van der Waals surface area contributed by atoms with Crippen molar-refractivity contribution in [2.45, 2.75) is 13.8 Å². The summed E-state index contributed by atoms with van der Waals surface area (Å²) in [5, 5.41) is 2.97. The molecular weight excluding hydrogens is 362 g/mol. The summed E-state index contributed by atoms with van der Waals surface area (Å²) in [6.07, 6.45) is 5.26. The largest absolute Gasteiger partial charge is 0.367 e. The molecule has 6 heteroatoms. The predicted molar refractivity (Wildman–Crippen MR) is 117 cm³/mol. The first-order valence-electron chi connectivity index (χ1n) is 9.85. The molecule has 29 heavy (non-hydrogen) atoms. The fourth-order valence-electron chi connectivity index (χ4n) is 3.48. The lowest BCUT2D eigenvalue weighted by Gasteiger charge is -2.36. The van der Waals surface area contributed by atoms with Crippen LogP contribution in [0, 0.1) is 13.8 Å². The van der Waals surface area contributed by atoms with Gasteiger partial charge in [0.2, 0.25) is 0 Å². The number of pyridine rings is 2. The lowest BCUT2D eigenvalue weighted by atomic mass is 10.1. The highest BCUT2D eigenvalue weighted by Gasteiger charge is 2.19. The normalized spacial score (nSPS) is 14.0. The van der Waals surface area contributed by atoms with Crippen molar-refractivity contribution in [3.05, 3.63) is 77.7 Å². The lowest BCUT2D eigenvalue weighted by molar-refractivity contribution is 0.102. The number of aromatic nitrogens is 2. The van der Waals surface area contributed by atoms with Crippen LogP contribution < -0.4 is 15.1 Å². The van der Waals surface area contributed by atoms with E-state index in [4.69, 9.17) is 0 Å². The molecule has 1 N–H and O–H groups in total. The van der Waals surface area contributed by atoms with Crippen LogP contribution in [0.25, 0.3) is 0 Å². The minimum Gasteiger partial charge on any atom is -0.367 e. The number of hydrogen-bond acceptors (Lipinski definition) is 5. The van der Waals surface area contributed by atoms with Gasteiger partial charge in [0.05, 0.1) is 17.4 Å². The summed E-state index contributed by atoms with van der Waals surface area (Å²) >= 11 is 0. The number of piperazine rings is 1. The predicted octanol–water partition coefficient (Wildman–Crippen LogP) is 3.67. The second kappa shape index (κ2) is 8.31. The summed E-state index contributed by atoms with van der Waals surface area (Å²) in [6.45, 7) is 7.59. The quantitative estimate of drug-likeness (QED) is 0.740. The molecule has 0 aliphatic carbocycles. The molecule has 0 radical (unpaired) electrons. The van der Waals surface area contributed by atoms with E-state index in [1.54, 1.807) is 6.20 Å². The van der Waals surface area contributed by atoms with Gasteiger partial charge in [0.25, 0.3) is 5.91 Å². The van der Waals surface area contributed by atoms with Gasteiger partial charge in [0.1, 0.15) is 5.82 Å². The van der Waals surface area contributed by atoms with Crippen LogP contribution in [0.2, 0.25) is 0 Å². The van der Waals surface area contributed by atoms with Crippen LogP contribution in [0.3, 0.4) is 0 Å². The number of benzene rings is 1. The summed E-state index contributed by atoms with van der Waals surface area (Å²) in [5.74, 6) is 0.863. The molecule has 3 aromatic rings. The molecule has 0 bridgehead atoms. The summed E-state index contributed by atoms with van der Waals surface area (Å²) in [7, 11) is 0. The smallest absolute Gasteiger partial charge is 0.257 e. The van der Waals surface area contributed by atoms with Crippen LogP contribution >= 0.6 is 0 Å². The van der Waals surface area contributed by atoms with E-state index in [1.807, 2.05) is 61.8 Å². The molecule has 148 valence electrons. The van der Waals surface area contributed by atoms with E-state index in [0.717, 1.165) is 48.9 Å². The highest BCUT2D eigenvalue weighted by Crippen LogP contribution is 2.20. The van der Waals surface area contributed by atoms with Crippen LogP contribution in [0.4, 0.5) is 17.2 Å². The van der Waals surface area contributed by atoms with Gasteiger partial charge in [-0.3, -0.25) is 9.78 Å². The van der Waals surface area contributed by atoms with E-state index in [0.29, 0.717) is 5.56 Å². The van der Waals surface area contributed by atoms with Gasteiger partial charge in [-0.1, -0.05) is 12.1 Å². The van der Waals surface area contributed by atoms with Crippen molar-refractivity contribution in [2.75, 3.05) is 41.3 Å². The number of nitrogens with zero attached hydrogens (tertiary/aromatic N) is 4. The number of aryl methyl sites for hydroxylation is 2. The number of rotatable bonds is 4. The molecule has 1 fully saturated rings. The Morgan fingerprint density at radius 1 is 0.931 bits per heavy atom. The molecule has 1 amide bonds. The summed E-state index contributed by atoms with van der Waals surface area (Å²) in [5.41, 5.74) is 4.69. The summed E-state index contributed by atoms with van der Waals surface area (Å²) < 4.78 is 0. The molecule has 0 spiro atoms. The van der Waals surface area contributed by atoms with Crippen LogP contribution in [0.1, 0.15) is 21.5 Å². The molecule has 6 nitrogen and oxygen atoms in total. The molecule has 2 aromatic heterocycles. The third kappa shape index (κ3) is 4.37. The Morgan fingerprint density at radius 2 is 1.72 bits per heavy atom. The maximum atomic E-state index is 12.7. The highest BCUT2D eigenvalue weighted by molar-refractivity contribution is 6.04. The lowest BCUT2D eigenvalue weighted by Crippen LogP contribution is -2.46. The first kappa shape index (κ1) is 18.9. The molecule has 1 aliphatic rings. The SMILES string of the molecule is Cc1ccc(NC(=O)c2cncc(N3CCN(c4ccccn4)CC3)c2)cc1C. The van der Waals surface area contributed by atoms with Crippen molar-refractivity contribution in [3.63, 3.8) is 0 Å². The average molecular weight is 387 g/mol. The minimum absolute atomic E-state index is 0.144. The Kier molecular flexibility index (Phi) is 5.42. The van der Waals surface area contributed by atoms with E-state index in [9.17, 15) is 4.79 Å². The zero-order valence-electron chi connectivity index (χ0n) is 16.8. The van der Waals surface area contributed by atoms with Gasteiger partial charge in [0.15, 0.2) is 0 Å². The zero-order chi connectivity index (χ0) is 20.2. The minimum atomic E-state index is -0.144. The first-order chi connectivity index (χ1) is 14.1. The van der Waals surface area contributed by atoms with Crippen LogP contribution in [-0.4, -0.2) is 42.1 Å². The Hall–Kier alpha value is -3.41. The first-order valence-corrected chi connectivity index (χ1v) is 9.85. The molecule has 0 atom stereocenters. The molecule has 4 rings (SSSR count). The van der Waals surface area contributed by atoms with Crippen LogP contribution in [0.15, 0.2) is 61.1 Å². The molecule has 0 saturated carbocycles. The Morgan fingerprint density at radius 3 is 2.45 bits per heavy atom. The fourth-order valence-corrected chi connectivity index (χ4v) is 3.48. The topological polar surface area (TPSA) is 61.4 Å². The Labute approximate surface area is 171 Å². The van der Waals surface area contributed by atoms with Gasteiger partial charge in [-0.2, -0.15) is 0 Å². The molecule has 1 aromatic carbocycles. The van der Waals surface area contributed by atoms with E-state index in [1.165, 1.54) is 5.56 Å². The van der Waals surface area contributed by atoms with Gasteiger partial charge in [-0.15, -0.1) is 0 Å². The number of carbonyl (C=O) groups excluding carboxylic acids is 1. The molecule has 1 aliphatic heterocycles. The van der Waals surface area contributed by atoms with Gasteiger partial charge >= 0.3 is 0 Å². The fraction of sp³-hybridized carbons (Fsp3) is 0.261. The van der Waals surface area contributed by atoms with Gasteiger partial charge in [-0.05, 0) is 55.3 Å². The molecule has 0 unspecified atom stereocenters. The third-order valence-electron chi connectivity index (χ3n) is 5.37. The van der Waals surface area contributed by atoms with Gasteiger partial charge in [-0.25, -0.2) is 4.98 Å². The van der Waals surface area contributed by atoms with Crippen molar-refractivity contribution >= 4 is 23.1 Å². The van der Waals surface area contributed by atoms with E-state index >= 15 is 0 Å². The van der Waals surface area contributed by atoms with Crippen LogP contribution in [-0.2, 0) is 0 Å². The Bertz CT molecular complexity index is 997. The zero-order valence-corrected chi connectivity index (χ0v) is 16.8. The van der Waals surface area contributed by atoms with Gasteiger partial charge < -0.3 is 15.1 Å². The average Bonchev–Trinajstić information content (AvgIpc) is 2.77. The van der Waals surface area contributed by atoms with E-state index in [-0.39, 0.29) is 5.91 Å². The number of nitrogens with one attached hydrogen (secondary N) is 1. The number of hydrogen-bond donors (Lipinski definition) is 1. The third-order valence-corrected chi connectivity index (χ3v) is 5.37. The monoisotopic (exact) mass is 387 g/mol. The summed E-state index contributed by atoms with van der Waals surface area (Å²) in [6, 6.07) is 13.8. The van der Waals surface area contributed by atoms with Crippen molar-refractivity contribution in [2.24, 2.45) is 0 Å². The molecular formula is C23H25N5O. The highest BCUT2D eigenvalue weighted by atomic mass is 16.1. The Balaban J connectivity index is 1.42. The molecule has 1 saturated heterocycles. The van der Waals surface area contributed by atoms with Crippen LogP contribution in [0.5, 0.6) is 0 Å². The van der Waals surface area contributed by atoms with Crippen molar-refractivity contribution in [1.29, 1.82) is 0 Å². The number of anilines is 3. The second-order valence-electron chi connectivity index (χ2n) is 7.35. The number of amides is 1. The van der Waals surface area contributed by atoms with E-state index < -0.39 is 0 Å². The van der Waals surface area contributed by atoms with Crippen molar-refractivity contribution < 1.29 is 4.79 Å². The summed E-state index contributed by atoms with van der Waals surface area (Å²) in [4.78, 5) is 26.0. The second-order valence-corrected chi connectivity index (χ2v) is 7.35. The van der Waals surface area contributed by atoms with Gasteiger partial charge in [0, 0.05) is 44.3 Å². The van der Waals surface area contributed by atoms with E-state index in [2.05, 4.69) is 32.0 Å². The standard InChI is InChI=1S/C23H25N5O/c1-17-6-7-20(13-18(17)2)26-23(29)19-14-21(16-24-15-19)27-9-11-28(12-10-27)22-5-3-4-8-25-22/h3-8,13-16H,9-12H2,1-2H3,(H,26,29). The van der Waals surface area contributed by atoms with Crippen molar-refractivity contribution in [1.82, 2.24) is 9.97 Å². The maximum absolute atomic E-state index is 12.7. The molecule has 3 heterocycles. The number of carbonyl (C=O) groups is 1.